The molecule has 0 unspecified atom stereocenters. The number of aromatic amines is 1. The van der Waals surface area contributed by atoms with Crippen LogP contribution >= 0.6 is 11.8 Å². The van der Waals surface area contributed by atoms with Gasteiger partial charge in [0.2, 0.25) is 0 Å². The minimum absolute atomic E-state index is 0.171. The quantitative estimate of drug-likeness (QED) is 0.260. The number of nitrogens with zero attached hydrogens (tertiary/aromatic N) is 4. The first-order valence-corrected chi connectivity index (χ1v) is 10.5. The van der Waals surface area contributed by atoms with Crippen molar-refractivity contribution in [3.63, 3.8) is 0 Å². The van der Waals surface area contributed by atoms with Gasteiger partial charge in [-0.1, -0.05) is 41.5 Å². The number of hydrogen-bond acceptors (Lipinski definition) is 4. The molecule has 1 saturated heterocycles. The molecule has 8 heteroatoms. The van der Waals surface area contributed by atoms with Crippen LogP contribution in [-0.4, -0.2) is 34.4 Å². The van der Waals surface area contributed by atoms with Crippen LogP contribution in [0.4, 0.5) is 4.79 Å². The van der Waals surface area contributed by atoms with Gasteiger partial charge in [0.1, 0.15) is 6.10 Å². The van der Waals surface area contributed by atoms with Gasteiger partial charge in [0.25, 0.3) is 0 Å². The van der Waals surface area contributed by atoms with E-state index in [0.29, 0.717) is 13.0 Å². The Morgan fingerprint density at radius 3 is 2.83 bits per heavy atom. The summed E-state index contributed by atoms with van der Waals surface area (Å²) < 4.78 is 5.71. The molecule has 1 aliphatic carbocycles. The molecule has 7 nitrogen and oxygen atoms in total. The molecule has 0 spiro atoms. The number of fused-ring (bicyclic) bond motifs is 5. The monoisotopic (exact) mass is 405 g/mol. The molecule has 3 aromatic rings. The van der Waals surface area contributed by atoms with Crippen LogP contribution in [0.3, 0.4) is 0 Å². The van der Waals surface area contributed by atoms with E-state index in [2.05, 4.69) is 27.1 Å². The number of para-hydroxylation sites is 1. The molecule has 146 valence electrons. The summed E-state index contributed by atoms with van der Waals surface area (Å²) >= 11 is 1.72. The first-order chi connectivity index (χ1) is 14.3. The molecule has 1 aliphatic heterocycles. The maximum absolute atomic E-state index is 12.7. The highest BCUT2D eigenvalue weighted by atomic mass is 32.2. The van der Waals surface area contributed by atoms with E-state index in [0.717, 1.165) is 27.9 Å². The topological polar surface area (TPSA) is 94.1 Å². The van der Waals surface area contributed by atoms with Crippen LogP contribution < -0.4 is 0 Å². The van der Waals surface area contributed by atoms with Gasteiger partial charge < -0.3 is 9.72 Å². The van der Waals surface area contributed by atoms with E-state index in [1.807, 2.05) is 47.4 Å². The third-order valence-electron chi connectivity index (χ3n) is 5.57. The Hall–Kier alpha value is -3.09. The summed E-state index contributed by atoms with van der Waals surface area (Å²) in [6, 6.07) is 17.6. The summed E-state index contributed by atoms with van der Waals surface area (Å²) in [5.74, 6) is 0.778. The fourth-order valence-corrected chi connectivity index (χ4v) is 5.25. The Balaban J connectivity index is 1.48. The zero-order valence-corrected chi connectivity index (χ0v) is 16.4. The summed E-state index contributed by atoms with van der Waals surface area (Å²) in [5.41, 5.74) is 11.9. The van der Waals surface area contributed by atoms with Gasteiger partial charge >= 0.3 is 6.09 Å². The van der Waals surface area contributed by atoms with E-state index in [9.17, 15) is 4.79 Å². The van der Waals surface area contributed by atoms with Crippen molar-refractivity contribution in [3.8, 4) is 0 Å². The Labute approximate surface area is 171 Å². The highest BCUT2D eigenvalue weighted by molar-refractivity contribution is 7.99. The normalized spacial score (nSPS) is 22.7. The molecular weight excluding hydrogens is 386 g/mol. The fraction of sp³-hybridized carbons (Fsp3) is 0.286. The van der Waals surface area contributed by atoms with Gasteiger partial charge in [-0.3, -0.25) is 4.90 Å². The number of thioether (sulfide) groups is 1. The molecule has 1 amide bonds. The second kappa shape index (κ2) is 7.39. The fourth-order valence-electron chi connectivity index (χ4n) is 4.37. The number of ether oxygens (including phenoxy) is 1. The van der Waals surface area contributed by atoms with Gasteiger partial charge in [-0.05, 0) is 23.7 Å². The number of hydrogen-bond donors (Lipinski definition) is 1. The largest absolute Gasteiger partial charge is 0.443 e. The second-order valence-corrected chi connectivity index (χ2v) is 8.34. The Morgan fingerprint density at radius 1 is 1.21 bits per heavy atom. The highest BCUT2D eigenvalue weighted by Crippen LogP contribution is 2.49. The second-order valence-electron chi connectivity index (χ2n) is 7.18. The third kappa shape index (κ3) is 3.10. The van der Waals surface area contributed by atoms with E-state index in [4.69, 9.17) is 10.3 Å². The molecule has 2 aliphatic rings. The molecular formula is C21H19N5O2S. The number of aromatic nitrogens is 1. The van der Waals surface area contributed by atoms with Crippen molar-refractivity contribution in [1.29, 1.82) is 0 Å². The summed E-state index contributed by atoms with van der Waals surface area (Å²) in [5, 5.41) is 5.02. The first kappa shape index (κ1) is 18.0. The van der Waals surface area contributed by atoms with E-state index >= 15 is 0 Å². The Kier molecular flexibility index (Phi) is 4.58. The molecule has 2 heterocycles. The molecule has 1 fully saturated rings. The van der Waals surface area contributed by atoms with Crippen molar-refractivity contribution in [3.05, 3.63) is 76.3 Å². The minimum atomic E-state index is -0.366. The SMILES string of the molecule is [N-]=[N+]=N[C@@H]1C[C@@H]2OC(=O)N(CCSc3ccccc3)[C@@H]2c2c1[nH]c1ccccc21. The lowest BCUT2D eigenvalue weighted by atomic mass is 9.85. The third-order valence-corrected chi connectivity index (χ3v) is 6.56. The van der Waals surface area contributed by atoms with Crippen molar-refractivity contribution < 1.29 is 9.53 Å². The van der Waals surface area contributed by atoms with Gasteiger partial charge in [0.15, 0.2) is 0 Å². The predicted octanol–water partition coefficient (Wildman–Crippen LogP) is 5.58. The number of rotatable bonds is 5. The molecule has 2 aromatic carbocycles. The Morgan fingerprint density at radius 2 is 2.00 bits per heavy atom. The Bertz CT molecular complexity index is 1110. The van der Waals surface area contributed by atoms with E-state index in [-0.39, 0.29) is 24.3 Å². The maximum atomic E-state index is 12.7. The molecule has 29 heavy (non-hydrogen) atoms. The number of carbonyl (C=O) groups excluding carboxylic acids is 1. The van der Waals surface area contributed by atoms with Crippen molar-refractivity contribution >= 4 is 28.8 Å². The lowest BCUT2D eigenvalue weighted by Gasteiger charge is -2.31. The number of azide groups is 1. The standard InChI is InChI=1S/C21H19N5O2S/c22-25-24-16-12-17-20(18-14-8-4-5-9-15(14)23-19(16)18)26(21(27)28-17)10-11-29-13-6-2-1-3-7-13/h1-9,16-17,20,23H,10-12H2/t16-,17+,20+/m1/s1. The van der Waals surface area contributed by atoms with Gasteiger partial charge in [0, 0.05) is 50.7 Å². The van der Waals surface area contributed by atoms with E-state index in [1.165, 1.54) is 4.90 Å². The molecule has 0 bridgehead atoms. The lowest BCUT2D eigenvalue weighted by molar-refractivity contribution is 0.117. The molecule has 0 saturated carbocycles. The van der Waals surface area contributed by atoms with Crippen molar-refractivity contribution in [2.45, 2.75) is 29.5 Å². The summed E-state index contributed by atoms with van der Waals surface area (Å²) in [7, 11) is 0. The van der Waals surface area contributed by atoms with Crippen molar-refractivity contribution in [2.75, 3.05) is 12.3 Å². The van der Waals surface area contributed by atoms with Gasteiger partial charge in [-0.25, -0.2) is 4.79 Å². The van der Waals surface area contributed by atoms with Gasteiger partial charge in [0.05, 0.1) is 12.1 Å². The lowest BCUT2D eigenvalue weighted by Crippen LogP contribution is -2.34. The van der Waals surface area contributed by atoms with E-state index in [1.54, 1.807) is 11.8 Å². The molecule has 3 atom stereocenters. The van der Waals surface area contributed by atoms with Crippen LogP contribution in [0.15, 0.2) is 64.6 Å². The molecule has 0 radical (unpaired) electrons. The number of H-pyrrole nitrogens is 1. The average Bonchev–Trinajstić information content (AvgIpc) is 3.27. The number of carbonyl (C=O) groups is 1. The smallest absolute Gasteiger partial charge is 0.410 e. The van der Waals surface area contributed by atoms with Crippen LogP contribution in [0.25, 0.3) is 21.3 Å². The van der Waals surface area contributed by atoms with Crippen LogP contribution in [0.2, 0.25) is 0 Å². The van der Waals surface area contributed by atoms with Crippen molar-refractivity contribution in [2.24, 2.45) is 5.11 Å². The zero-order valence-electron chi connectivity index (χ0n) is 15.6. The van der Waals surface area contributed by atoms with Gasteiger partial charge in [-0.2, -0.15) is 0 Å². The number of benzene rings is 2. The molecule has 1 N–H and O–H groups in total. The maximum Gasteiger partial charge on any atom is 0.410 e. The molecule has 5 rings (SSSR count). The number of amides is 1. The first-order valence-electron chi connectivity index (χ1n) is 9.56. The summed E-state index contributed by atoms with van der Waals surface area (Å²) in [4.78, 5) is 22.1. The van der Waals surface area contributed by atoms with E-state index < -0.39 is 0 Å². The van der Waals surface area contributed by atoms with Crippen LogP contribution in [0, 0.1) is 0 Å². The van der Waals surface area contributed by atoms with Gasteiger partial charge in [-0.15, -0.1) is 11.8 Å². The minimum Gasteiger partial charge on any atom is -0.443 e. The highest BCUT2D eigenvalue weighted by Gasteiger charge is 2.49. The summed E-state index contributed by atoms with van der Waals surface area (Å²) in [6.07, 6.45) is -0.124. The molecule has 1 aromatic heterocycles. The van der Waals surface area contributed by atoms with Crippen molar-refractivity contribution in [1.82, 2.24) is 9.88 Å². The van der Waals surface area contributed by atoms with Crippen LogP contribution in [0.1, 0.15) is 29.8 Å². The van der Waals surface area contributed by atoms with Crippen LogP contribution in [0.5, 0.6) is 0 Å². The average molecular weight is 405 g/mol. The zero-order chi connectivity index (χ0) is 19.8. The predicted molar refractivity (Wildman–Crippen MR) is 112 cm³/mol. The number of nitrogens with one attached hydrogen (secondary N) is 1. The van der Waals surface area contributed by atoms with Crippen LogP contribution in [-0.2, 0) is 4.74 Å². The summed E-state index contributed by atoms with van der Waals surface area (Å²) in [6.45, 7) is 0.588.